The third-order valence-electron chi connectivity index (χ3n) is 3.50. The SMILES string of the molecule is CC1CN(C(=O)/C=C/c2ccccc2)CCC1N. The fraction of sp³-hybridized carbons (Fsp3) is 0.400. The van der Waals surface area contributed by atoms with Crippen LogP contribution < -0.4 is 5.73 Å². The average Bonchev–Trinajstić information content (AvgIpc) is 2.40. The summed E-state index contributed by atoms with van der Waals surface area (Å²) >= 11 is 0. The molecule has 0 bridgehead atoms. The molecule has 1 aromatic carbocycles. The van der Waals surface area contributed by atoms with Crippen LogP contribution in [-0.2, 0) is 4.79 Å². The lowest BCUT2D eigenvalue weighted by Crippen LogP contribution is -2.47. The van der Waals surface area contributed by atoms with Crippen molar-refractivity contribution < 1.29 is 4.79 Å². The topological polar surface area (TPSA) is 46.3 Å². The van der Waals surface area contributed by atoms with Crippen LogP contribution in [0.3, 0.4) is 0 Å². The Morgan fingerprint density at radius 2 is 2.11 bits per heavy atom. The first kappa shape index (κ1) is 12.8. The van der Waals surface area contributed by atoms with Gasteiger partial charge in [-0.2, -0.15) is 0 Å². The summed E-state index contributed by atoms with van der Waals surface area (Å²) in [5, 5.41) is 0. The van der Waals surface area contributed by atoms with Gasteiger partial charge in [-0.25, -0.2) is 0 Å². The number of nitrogens with zero attached hydrogens (tertiary/aromatic N) is 1. The number of carbonyl (C=O) groups excluding carboxylic acids is 1. The molecule has 1 fully saturated rings. The number of hydrogen-bond acceptors (Lipinski definition) is 2. The van der Waals surface area contributed by atoms with Gasteiger partial charge in [0.25, 0.3) is 0 Å². The van der Waals surface area contributed by atoms with Gasteiger partial charge in [0.05, 0.1) is 0 Å². The van der Waals surface area contributed by atoms with Crippen LogP contribution in [-0.4, -0.2) is 29.9 Å². The normalized spacial score (nSPS) is 24.4. The zero-order valence-corrected chi connectivity index (χ0v) is 10.8. The van der Waals surface area contributed by atoms with Crippen molar-refractivity contribution in [1.29, 1.82) is 0 Å². The summed E-state index contributed by atoms with van der Waals surface area (Å²) in [6, 6.07) is 10.1. The van der Waals surface area contributed by atoms with Crippen LogP contribution in [0.15, 0.2) is 36.4 Å². The Kier molecular flexibility index (Phi) is 4.15. The van der Waals surface area contributed by atoms with Crippen molar-refractivity contribution in [2.24, 2.45) is 11.7 Å². The summed E-state index contributed by atoms with van der Waals surface area (Å²) < 4.78 is 0. The Bertz CT molecular complexity index is 427. The molecule has 1 aliphatic rings. The highest BCUT2D eigenvalue weighted by molar-refractivity contribution is 5.91. The van der Waals surface area contributed by atoms with Crippen LogP contribution in [0.5, 0.6) is 0 Å². The van der Waals surface area contributed by atoms with Crippen LogP contribution in [0.1, 0.15) is 18.9 Å². The van der Waals surface area contributed by atoms with Gasteiger partial charge >= 0.3 is 0 Å². The molecule has 0 radical (unpaired) electrons. The Labute approximate surface area is 108 Å². The van der Waals surface area contributed by atoms with Crippen LogP contribution in [0.25, 0.3) is 6.08 Å². The molecule has 0 spiro atoms. The first-order valence-electron chi connectivity index (χ1n) is 6.44. The van der Waals surface area contributed by atoms with Gasteiger partial charge in [-0.05, 0) is 24.0 Å². The van der Waals surface area contributed by atoms with Gasteiger partial charge in [-0.3, -0.25) is 4.79 Å². The zero-order valence-electron chi connectivity index (χ0n) is 10.8. The molecule has 3 heteroatoms. The van der Waals surface area contributed by atoms with Crippen molar-refractivity contribution in [2.75, 3.05) is 13.1 Å². The van der Waals surface area contributed by atoms with Gasteiger partial charge in [0.15, 0.2) is 0 Å². The molecule has 0 aromatic heterocycles. The molecule has 1 heterocycles. The molecular weight excluding hydrogens is 224 g/mol. The van der Waals surface area contributed by atoms with Crippen molar-refractivity contribution >= 4 is 12.0 Å². The summed E-state index contributed by atoms with van der Waals surface area (Å²) in [5.41, 5.74) is 7.00. The second kappa shape index (κ2) is 5.83. The van der Waals surface area contributed by atoms with E-state index in [0.29, 0.717) is 5.92 Å². The van der Waals surface area contributed by atoms with Crippen LogP contribution >= 0.6 is 0 Å². The summed E-state index contributed by atoms with van der Waals surface area (Å²) in [6.45, 7) is 3.63. The van der Waals surface area contributed by atoms with E-state index >= 15 is 0 Å². The Hall–Kier alpha value is -1.61. The maximum absolute atomic E-state index is 12.0. The minimum absolute atomic E-state index is 0.0811. The van der Waals surface area contributed by atoms with Gasteiger partial charge in [0, 0.05) is 25.2 Å². The highest BCUT2D eigenvalue weighted by atomic mass is 16.2. The zero-order chi connectivity index (χ0) is 13.0. The third-order valence-corrected chi connectivity index (χ3v) is 3.50. The number of hydrogen-bond donors (Lipinski definition) is 1. The van der Waals surface area contributed by atoms with Crippen molar-refractivity contribution in [3.63, 3.8) is 0 Å². The van der Waals surface area contributed by atoms with Crippen LogP contribution in [0.2, 0.25) is 0 Å². The van der Waals surface area contributed by atoms with E-state index < -0.39 is 0 Å². The summed E-state index contributed by atoms with van der Waals surface area (Å²) in [5.74, 6) is 0.463. The molecule has 2 unspecified atom stereocenters. The van der Waals surface area contributed by atoms with E-state index in [-0.39, 0.29) is 11.9 Å². The predicted octanol–water partition coefficient (Wildman–Crippen LogP) is 1.90. The fourth-order valence-electron chi connectivity index (χ4n) is 2.20. The van der Waals surface area contributed by atoms with Crippen molar-refractivity contribution in [2.45, 2.75) is 19.4 Å². The molecule has 1 aliphatic heterocycles. The maximum Gasteiger partial charge on any atom is 0.246 e. The van der Waals surface area contributed by atoms with E-state index in [1.165, 1.54) is 0 Å². The van der Waals surface area contributed by atoms with E-state index in [1.807, 2.05) is 41.3 Å². The highest BCUT2D eigenvalue weighted by Gasteiger charge is 2.24. The summed E-state index contributed by atoms with van der Waals surface area (Å²) in [7, 11) is 0. The summed E-state index contributed by atoms with van der Waals surface area (Å²) in [4.78, 5) is 13.9. The number of amides is 1. The lowest BCUT2D eigenvalue weighted by Gasteiger charge is -2.34. The van der Waals surface area contributed by atoms with Gasteiger partial charge in [-0.1, -0.05) is 37.3 Å². The van der Waals surface area contributed by atoms with E-state index in [0.717, 1.165) is 25.1 Å². The second-order valence-corrected chi connectivity index (χ2v) is 4.96. The molecule has 0 aliphatic carbocycles. The molecule has 2 N–H and O–H groups in total. The van der Waals surface area contributed by atoms with Gasteiger partial charge in [-0.15, -0.1) is 0 Å². The molecule has 1 aromatic rings. The lowest BCUT2D eigenvalue weighted by atomic mass is 9.95. The molecule has 96 valence electrons. The van der Waals surface area contributed by atoms with E-state index in [4.69, 9.17) is 5.73 Å². The number of carbonyl (C=O) groups is 1. The lowest BCUT2D eigenvalue weighted by molar-refractivity contribution is -0.127. The highest BCUT2D eigenvalue weighted by Crippen LogP contribution is 2.15. The van der Waals surface area contributed by atoms with Gasteiger partial charge < -0.3 is 10.6 Å². The minimum atomic E-state index is 0.0811. The molecule has 1 saturated heterocycles. The molecule has 3 nitrogen and oxygen atoms in total. The largest absolute Gasteiger partial charge is 0.339 e. The first-order valence-corrected chi connectivity index (χ1v) is 6.44. The van der Waals surface area contributed by atoms with E-state index in [1.54, 1.807) is 6.08 Å². The van der Waals surface area contributed by atoms with Crippen molar-refractivity contribution in [3.8, 4) is 0 Å². The van der Waals surface area contributed by atoms with E-state index in [9.17, 15) is 4.79 Å². The molecule has 1 amide bonds. The monoisotopic (exact) mass is 244 g/mol. The predicted molar refractivity (Wildman–Crippen MR) is 73.8 cm³/mol. The molecular formula is C15H20N2O. The number of likely N-dealkylation sites (tertiary alicyclic amines) is 1. The first-order chi connectivity index (χ1) is 8.66. The molecule has 18 heavy (non-hydrogen) atoms. The fourth-order valence-corrected chi connectivity index (χ4v) is 2.20. The number of piperidine rings is 1. The molecule has 0 saturated carbocycles. The van der Waals surface area contributed by atoms with Gasteiger partial charge in [0.2, 0.25) is 5.91 Å². The Morgan fingerprint density at radius 3 is 2.78 bits per heavy atom. The minimum Gasteiger partial charge on any atom is -0.339 e. The summed E-state index contributed by atoms with van der Waals surface area (Å²) in [6.07, 6.45) is 4.41. The van der Waals surface area contributed by atoms with Crippen molar-refractivity contribution in [3.05, 3.63) is 42.0 Å². The number of rotatable bonds is 2. The van der Waals surface area contributed by atoms with Gasteiger partial charge in [0.1, 0.15) is 0 Å². The standard InChI is InChI=1S/C15H20N2O/c1-12-11-17(10-9-14(12)16)15(18)8-7-13-5-3-2-4-6-13/h2-8,12,14H,9-11,16H2,1H3/b8-7+. The molecule has 2 rings (SSSR count). The van der Waals surface area contributed by atoms with E-state index in [2.05, 4.69) is 6.92 Å². The maximum atomic E-state index is 12.0. The number of benzene rings is 1. The third kappa shape index (κ3) is 3.20. The quantitative estimate of drug-likeness (QED) is 0.808. The smallest absolute Gasteiger partial charge is 0.246 e. The Morgan fingerprint density at radius 1 is 1.39 bits per heavy atom. The van der Waals surface area contributed by atoms with Crippen molar-refractivity contribution in [1.82, 2.24) is 4.90 Å². The molecule has 2 atom stereocenters. The van der Waals surface area contributed by atoms with Crippen LogP contribution in [0, 0.1) is 5.92 Å². The Balaban J connectivity index is 1.94. The second-order valence-electron chi connectivity index (χ2n) is 4.96. The number of nitrogens with two attached hydrogens (primary N) is 1. The van der Waals surface area contributed by atoms with Crippen LogP contribution in [0.4, 0.5) is 0 Å². The average molecular weight is 244 g/mol.